The van der Waals surface area contributed by atoms with Gasteiger partial charge in [-0.1, -0.05) is 0 Å². The van der Waals surface area contributed by atoms with Crippen LogP contribution in [0.3, 0.4) is 0 Å². The SMILES string of the molecule is C=CCCCC/C=c1\c[c]([Sn]([CH3])([CH3])[CH3])c(B(C2CCCCC2)C2CCCCC2)c\c1=C\CCCC. The molecule has 2 heteroatoms. The van der Waals surface area contributed by atoms with Crippen molar-refractivity contribution < 1.29 is 0 Å². The van der Waals surface area contributed by atoms with Crippen LogP contribution in [0.2, 0.25) is 26.5 Å². The van der Waals surface area contributed by atoms with E-state index in [1.54, 1.807) is 10.4 Å². The summed E-state index contributed by atoms with van der Waals surface area (Å²) in [6.45, 7) is 7.05. The molecule has 0 radical (unpaired) electrons. The first kappa shape index (κ1) is 29.1. The van der Waals surface area contributed by atoms with E-state index in [9.17, 15) is 0 Å². The van der Waals surface area contributed by atoms with E-state index in [4.69, 9.17) is 0 Å². The van der Waals surface area contributed by atoms with Crippen molar-refractivity contribution in [3.63, 3.8) is 0 Å². The van der Waals surface area contributed by atoms with Crippen molar-refractivity contribution in [2.75, 3.05) is 0 Å². The fourth-order valence-electron chi connectivity index (χ4n) is 6.96. The van der Waals surface area contributed by atoms with Crippen LogP contribution in [0.4, 0.5) is 0 Å². The van der Waals surface area contributed by atoms with E-state index < -0.39 is 18.4 Å². The van der Waals surface area contributed by atoms with Gasteiger partial charge in [-0.05, 0) is 0 Å². The summed E-state index contributed by atoms with van der Waals surface area (Å²) in [5, 5.41) is 3.11. The predicted molar refractivity (Wildman–Crippen MR) is 165 cm³/mol. The number of hydrogen-bond acceptors (Lipinski definition) is 0. The summed E-state index contributed by atoms with van der Waals surface area (Å²) in [5.41, 5.74) is 1.83. The summed E-state index contributed by atoms with van der Waals surface area (Å²) in [4.78, 5) is 8.00. The summed E-state index contributed by atoms with van der Waals surface area (Å²) in [6, 6.07) is 5.49. The van der Waals surface area contributed by atoms with Gasteiger partial charge in [-0.2, -0.15) is 0 Å². The van der Waals surface area contributed by atoms with Crippen molar-refractivity contribution in [1.29, 1.82) is 0 Å². The molecule has 2 aliphatic rings. The van der Waals surface area contributed by atoms with Gasteiger partial charge in [0.05, 0.1) is 0 Å². The van der Waals surface area contributed by atoms with Gasteiger partial charge in [0.2, 0.25) is 0 Å². The van der Waals surface area contributed by atoms with Crippen molar-refractivity contribution in [3.05, 3.63) is 35.2 Å². The summed E-state index contributed by atoms with van der Waals surface area (Å²) in [6.07, 6.45) is 30.7. The Bertz CT molecular complexity index is 863. The number of hydrogen-bond donors (Lipinski definition) is 0. The molecule has 1 aromatic rings. The molecule has 0 bridgehead atoms. The van der Waals surface area contributed by atoms with Gasteiger partial charge in [0.15, 0.2) is 0 Å². The summed E-state index contributed by atoms with van der Waals surface area (Å²) < 4.78 is 1.85. The first-order valence-corrected chi connectivity index (χ1v) is 25.4. The quantitative estimate of drug-likeness (QED) is 0.133. The number of rotatable bonds is 12. The molecule has 0 N–H and O–H groups in total. The van der Waals surface area contributed by atoms with Crippen molar-refractivity contribution in [2.45, 2.75) is 143 Å². The van der Waals surface area contributed by atoms with E-state index in [-0.39, 0.29) is 0 Å². The average molecular weight is 581 g/mol. The van der Waals surface area contributed by atoms with E-state index in [0.717, 1.165) is 24.8 Å². The van der Waals surface area contributed by atoms with E-state index >= 15 is 0 Å². The van der Waals surface area contributed by atoms with Crippen molar-refractivity contribution in [3.8, 4) is 0 Å². The van der Waals surface area contributed by atoms with E-state index in [0.29, 0.717) is 0 Å². The molecule has 1 aromatic carbocycles. The Morgan fingerprint density at radius 1 is 0.771 bits per heavy atom. The molecule has 0 aromatic heterocycles. The van der Waals surface area contributed by atoms with Gasteiger partial charge in [0.1, 0.15) is 0 Å². The van der Waals surface area contributed by atoms with Crippen molar-refractivity contribution >= 4 is 46.3 Å². The standard InChI is InChI=1S/C30H46B.3CH3.Sn/c1-3-5-7-8-12-17-26-23-24-30(25-27(26)18-11-6-4-2)31(28-19-13-9-14-20-28)29-21-15-10-16-22-29;;;;/h3,17-18,23,25,28-29H,1,4-16,19-22H2,2H3;3*1H3;/b26-17+,27-18-;;;;. The molecule has 2 fully saturated rings. The Morgan fingerprint density at radius 2 is 1.29 bits per heavy atom. The molecule has 0 unspecified atom stereocenters. The van der Waals surface area contributed by atoms with Crippen LogP contribution >= 0.6 is 0 Å². The van der Waals surface area contributed by atoms with Gasteiger partial charge < -0.3 is 0 Å². The molecule has 3 rings (SSSR count). The Kier molecular flexibility index (Phi) is 12.6. The van der Waals surface area contributed by atoms with Gasteiger partial charge in [-0.15, -0.1) is 0 Å². The van der Waals surface area contributed by atoms with Gasteiger partial charge >= 0.3 is 224 Å². The van der Waals surface area contributed by atoms with E-state index in [2.05, 4.69) is 58.7 Å². The maximum atomic E-state index is 3.91. The number of allylic oxidation sites excluding steroid dienone is 1. The Morgan fingerprint density at radius 3 is 1.80 bits per heavy atom. The maximum absolute atomic E-state index is 3.91. The normalized spacial score (nSPS) is 19.3. The summed E-state index contributed by atoms with van der Waals surface area (Å²) in [7, 11) is 0. The Labute approximate surface area is 223 Å². The van der Waals surface area contributed by atoms with Crippen molar-refractivity contribution in [1.82, 2.24) is 0 Å². The molecular weight excluding hydrogens is 526 g/mol. The van der Waals surface area contributed by atoms with Crippen LogP contribution in [0.15, 0.2) is 24.8 Å². The van der Waals surface area contributed by atoms with Crippen LogP contribution in [-0.4, -0.2) is 25.1 Å². The first-order chi connectivity index (χ1) is 17.0. The number of benzene rings is 1. The third-order valence-corrected chi connectivity index (χ3v) is 14.7. The summed E-state index contributed by atoms with van der Waals surface area (Å²) >= 11 is -2.31. The van der Waals surface area contributed by atoms with Crippen LogP contribution in [0.5, 0.6) is 0 Å². The van der Waals surface area contributed by atoms with Crippen LogP contribution < -0.4 is 19.5 Å². The topological polar surface area (TPSA) is 0 Å². The molecule has 0 saturated heterocycles. The number of unbranched alkanes of at least 4 members (excludes halogenated alkanes) is 5. The zero-order chi connectivity index (χ0) is 25.1. The van der Waals surface area contributed by atoms with Gasteiger partial charge in [-0.25, -0.2) is 0 Å². The Balaban J connectivity index is 2.11. The van der Waals surface area contributed by atoms with E-state index in [1.165, 1.54) is 103 Å². The zero-order valence-corrected chi connectivity index (χ0v) is 26.7. The second-order valence-corrected chi connectivity index (χ2v) is 27.1. The fraction of sp³-hybridized carbons (Fsp3) is 0.697. The van der Waals surface area contributed by atoms with Crippen LogP contribution in [0.25, 0.3) is 12.2 Å². The van der Waals surface area contributed by atoms with E-state index in [1.807, 2.05) is 9.04 Å². The van der Waals surface area contributed by atoms with Crippen LogP contribution in [0.1, 0.15) is 116 Å². The average Bonchev–Trinajstić information content (AvgIpc) is 2.86. The second-order valence-electron chi connectivity index (χ2n) is 12.8. The van der Waals surface area contributed by atoms with Crippen LogP contribution in [-0.2, 0) is 0 Å². The molecule has 194 valence electrons. The molecule has 0 aliphatic heterocycles. The van der Waals surface area contributed by atoms with Gasteiger partial charge in [-0.3, -0.25) is 0 Å². The minimum absolute atomic E-state index is 0.821. The molecule has 2 aliphatic carbocycles. The first-order valence-electron chi connectivity index (χ1n) is 15.4. The predicted octanol–water partition coefficient (Wildman–Crippen LogP) is 8.10. The molecule has 0 heterocycles. The third kappa shape index (κ3) is 8.82. The van der Waals surface area contributed by atoms with Crippen LogP contribution in [0, 0.1) is 0 Å². The van der Waals surface area contributed by atoms with Gasteiger partial charge in [0.25, 0.3) is 0 Å². The molecule has 2 saturated carbocycles. The van der Waals surface area contributed by atoms with Gasteiger partial charge in [0, 0.05) is 0 Å². The molecule has 0 atom stereocenters. The summed E-state index contributed by atoms with van der Waals surface area (Å²) in [5.74, 6) is 1.85. The minimum atomic E-state index is -2.31. The molecule has 0 amide bonds. The molecular formula is C33H55BSn. The monoisotopic (exact) mass is 582 g/mol. The van der Waals surface area contributed by atoms with Crippen molar-refractivity contribution in [2.24, 2.45) is 0 Å². The fourth-order valence-corrected chi connectivity index (χ4v) is 11.8. The molecule has 0 spiro atoms. The molecule has 35 heavy (non-hydrogen) atoms. The zero-order valence-electron chi connectivity index (χ0n) is 23.8. The Hall–Kier alpha value is -0.436. The second kappa shape index (κ2) is 15.1. The molecule has 0 nitrogen and oxygen atoms in total. The third-order valence-electron chi connectivity index (χ3n) is 8.89.